The molecule has 0 bridgehead atoms. The summed E-state index contributed by atoms with van der Waals surface area (Å²) >= 11 is 0. The lowest BCUT2D eigenvalue weighted by atomic mass is 10.1. The molecule has 0 spiro atoms. The second-order valence-corrected chi connectivity index (χ2v) is 7.99. The van der Waals surface area contributed by atoms with E-state index < -0.39 is 0 Å². The van der Waals surface area contributed by atoms with Crippen molar-refractivity contribution in [3.8, 4) is 5.75 Å². The van der Waals surface area contributed by atoms with Crippen LogP contribution in [-0.2, 0) is 16.0 Å². The van der Waals surface area contributed by atoms with Gasteiger partial charge in [0.1, 0.15) is 12.4 Å². The van der Waals surface area contributed by atoms with Gasteiger partial charge in [-0.05, 0) is 50.4 Å². The molecule has 32 heavy (non-hydrogen) atoms. The van der Waals surface area contributed by atoms with Gasteiger partial charge in [0.15, 0.2) is 5.96 Å². The van der Waals surface area contributed by atoms with Crippen molar-refractivity contribution in [2.45, 2.75) is 51.6 Å². The van der Waals surface area contributed by atoms with Crippen molar-refractivity contribution in [1.29, 1.82) is 0 Å². The van der Waals surface area contributed by atoms with Crippen LogP contribution in [0.1, 0.15) is 44.6 Å². The van der Waals surface area contributed by atoms with Gasteiger partial charge >= 0.3 is 0 Å². The molecule has 0 unspecified atom stereocenters. The Balaban J connectivity index is 0.00000512. The quantitative estimate of drug-likeness (QED) is 0.156. The fourth-order valence-corrected chi connectivity index (χ4v) is 3.50. The highest BCUT2D eigenvalue weighted by Crippen LogP contribution is 2.15. The number of hydrogen-bond donors (Lipinski definition) is 2. The second kappa shape index (κ2) is 18.3. The maximum absolute atomic E-state index is 6.00. The number of aliphatic imine (C=N–C) groups is 1. The minimum atomic E-state index is 0. The third-order valence-electron chi connectivity index (χ3n) is 5.51. The Bertz CT molecular complexity index is 627. The Morgan fingerprint density at radius 1 is 1.16 bits per heavy atom. The standard InChI is InChI=1S/C24H42N4O3.HI/c1-4-5-14-29-15-7-12-26-24(25-2)27-20-21-8-6-9-23(19-21)31-18-13-28(3)22-10-16-30-17-11-22;/h6,8-9,19,22H,4-5,7,10-18,20H2,1-3H3,(H2,25,26,27);1H. The molecule has 8 heteroatoms. The van der Waals surface area contributed by atoms with E-state index in [-0.39, 0.29) is 24.0 Å². The van der Waals surface area contributed by atoms with Gasteiger partial charge in [0.05, 0.1) is 0 Å². The van der Waals surface area contributed by atoms with Crippen molar-refractivity contribution in [2.75, 3.05) is 60.2 Å². The van der Waals surface area contributed by atoms with Crippen molar-refractivity contribution >= 4 is 29.9 Å². The lowest BCUT2D eigenvalue weighted by Gasteiger charge is -2.31. The monoisotopic (exact) mass is 562 g/mol. The zero-order valence-corrected chi connectivity index (χ0v) is 22.4. The summed E-state index contributed by atoms with van der Waals surface area (Å²) in [6.07, 6.45) is 5.49. The van der Waals surface area contributed by atoms with E-state index in [9.17, 15) is 0 Å². The zero-order valence-electron chi connectivity index (χ0n) is 20.1. The molecule has 0 aliphatic carbocycles. The summed E-state index contributed by atoms with van der Waals surface area (Å²) in [4.78, 5) is 6.68. The van der Waals surface area contributed by atoms with Gasteiger partial charge in [-0.15, -0.1) is 24.0 Å². The number of ether oxygens (including phenoxy) is 3. The van der Waals surface area contributed by atoms with Crippen molar-refractivity contribution in [1.82, 2.24) is 15.5 Å². The Labute approximate surface area is 211 Å². The summed E-state index contributed by atoms with van der Waals surface area (Å²) in [5.74, 6) is 1.71. The van der Waals surface area contributed by atoms with E-state index in [0.29, 0.717) is 19.2 Å². The summed E-state index contributed by atoms with van der Waals surface area (Å²) in [5, 5.41) is 6.70. The number of nitrogens with one attached hydrogen (secondary N) is 2. The lowest BCUT2D eigenvalue weighted by Crippen LogP contribution is -2.38. The Morgan fingerprint density at radius 3 is 2.69 bits per heavy atom. The first kappa shape index (κ1) is 28.9. The molecule has 1 aliphatic rings. The molecule has 2 N–H and O–H groups in total. The molecule has 1 saturated heterocycles. The van der Waals surface area contributed by atoms with Crippen molar-refractivity contribution < 1.29 is 14.2 Å². The molecule has 184 valence electrons. The van der Waals surface area contributed by atoms with E-state index in [1.165, 1.54) is 12.0 Å². The number of benzene rings is 1. The van der Waals surface area contributed by atoms with Crippen LogP contribution in [0.25, 0.3) is 0 Å². The molecule has 1 aromatic carbocycles. The molecular weight excluding hydrogens is 519 g/mol. The number of nitrogens with zero attached hydrogens (tertiary/aromatic N) is 2. The molecule has 1 fully saturated rings. The maximum atomic E-state index is 6.00. The van der Waals surface area contributed by atoms with E-state index in [1.54, 1.807) is 7.05 Å². The first-order valence-corrected chi connectivity index (χ1v) is 11.7. The Morgan fingerprint density at radius 2 is 1.94 bits per heavy atom. The summed E-state index contributed by atoms with van der Waals surface area (Å²) in [6, 6.07) is 8.86. The smallest absolute Gasteiger partial charge is 0.191 e. The third-order valence-corrected chi connectivity index (χ3v) is 5.51. The predicted molar refractivity (Wildman–Crippen MR) is 142 cm³/mol. The predicted octanol–water partition coefficient (Wildman–Crippen LogP) is 3.67. The molecule has 1 aromatic rings. The van der Waals surface area contributed by atoms with E-state index in [4.69, 9.17) is 14.2 Å². The molecular formula is C24H43IN4O3. The normalized spacial score (nSPS) is 14.8. The minimum Gasteiger partial charge on any atom is -0.492 e. The summed E-state index contributed by atoms with van der Waals surface area (Å²) in [7, 11) is 3.97. The maximum Gasteiger partial charge on any atom is 0.191 e. The topological polar surface area (TPSA) is 67.3 Å². The number of rotatable bonds is 14. The van der Waals surface area contributed by atoms with E-state index in [0.717, 1.165) is 76.9 Å². The van der Waals surface area contributed by atoms with Gasteiger partial charge in [0.25, 0.3) is 0 Å². The van der Waals surface area contributed by atoms with Crippen LogP contribution in [0.4, 0.5) is 0 Å². The van der Waals surface area contributed by atoms with Crippen LogP contribution < -0.4 is 15.4 Å². The van der Waals surface area contributed by atoms with E-state index in [2.05, 4.69) is 46.6 Å². The SMILES string of the molecule is CCCCOCCCNC(=NC)NCc1cccc(OCCN(C)C2CCOCC2)c1.I. The molecule has 0 aromatic heterocycles. The van der Waals surface area contributed by atoms with E-state index in [1.807, 2.05) is 12.1 Å². The molecule has 1 aliphatic heterocycles. The molecule has 0 radical (unpaired) electrons. The number of likely N-dealkylation sites (N-methyl/N-ethyl adjacent to an activating group) is 1. The van der Waals surface area contributed by atoms with Gasteiger partial charge in [-0.2, -0.15) is 0 Å². The second-order valence-electron chi connectivity index (χ2n) is 7.99. The van der Waals surface area contributed by atoms with Crippen LogP contribution in [0, 0.1) is 0 Å². The first-order chi connectivity index (χ1) is 15.2. The van der Waals surface area contributed by atoms with Crippen LogP contribution >= 0.6 is 24.0 Å². The highest BCUT2D eigenvalue weighted by molar-refractivity contribution is 14.0. The number of unbranched alkanes of at least 4 members (excludes halogenated alkanes) is 1. The zero-order chi connectivity index (χ0) is 22.2. The number of hydrogen-bond acceptors (Lipinski definition) is 5. The summed E-state index contributed by atoms with van der Waals surface area (Å²) < 4.78 is 17.0. The average Bonchev–Trinajstić information content (AvgIpc) is 2.81. The number of guanidine groups is 1. The Kier molecular flexibility index (Phi) is 16.6. The first-order valence-electron chi connectivity index (χ1n) is 11.7. The van der Waals surface area contributed by atoms with Crippen LogP contribution in [0.2, 0.25) is 0 Å². The molecule has 0 amide bonds. The summed E-state index contributed by atoms with van der Waals surface area (Å²) in [5.41, 5.74) is 1.17. The largest absolute Gasteiger partial charge is 0.492 e. The van der Waals surface area contributed by atoms with Gasteiger partial charge in [-0.25, -0.2) is 0 Å². The van der Waals surface area contributed by atoms with Crippen LogP contribution in [0.5, 0.6) is 5.75 Å². The van der Waals surface area contributed by atoms with Crippen molar-refractivity contribution in [3.63, 3.8) is 0 Å². The van der Waals surface area contributed by atoms with Crippen LogP contribution in [0.3, 0.4) is 0 Å². The van der Waals surface area contributed by atoms with Gasteiger partial charge in [0, 0.05) is 59.2 Å². The third kappa shape index (κ3) is 12.2. The highest BCUT2D eigenvalue weighted by Gasteiger charge is 2.17. The Hall–Kier alpha value is -1.10. The van der Waals surface area contributed by atoms with Gasteiger partial charge < -0.3 is 24.8 Å². The molecule has 0 atom stereocenters. The summed E-state index contributed by atoms with van der Waals surface area (Å²) in [6.45, 7) is 8.71. The van der Waals surface area contributed by atoms with E-state index >= 15 is 0 Å². The fourth-order valence-electron chi connectivity index (χ4n) is 3.50. The van der Waals surface area contributed by atoms with Crippen LogP contribution in [-0.4, -0.2) is 77.1 Å². The fraction of sp³-hybridized carbons (Fsp3) is 0.708. The van der Waals surface area contributed by atoms with Gasteiger partial charge in [-0.1, -0.05) is 25.5 Å². The lowest BCUT2D eigenvalue weighted by molar-refractivity contribution is 0.0392. The highest BCUT2D eigenvalue weighted by atomic mass is 127. The van der Waals surface area contributed by atoms with Crippen molar-refractivity contribution in [2.24, 2.45) is 4.99 Å². The average molecular weight is 563 g/mol. The number of halogens is 1. The molecule has 7 nitrogen and oxygen atoms in total. The van der Waals surface area contributed by atoms with Crippen LogP contribution in [0.15, 0.2) is 29.3 Å². The molecule has 1 heterocycles. The molecule has 2 rings (SSSR count). The van der Waals surface area contributed by atoms with Gasteiger partial charge in [-0.3, -0.25) is 9.89 Å². The van der Waals surface area contributed by atoms with Gasteiger partial charge in [0.2, 0.25) is 0 Å². The minimum absolute atomic E-state index is 0. The molecule has 0 saturated carbocycles. The van der Waals surface area contributed by atoms with Crippen molar-refractivity contribution in [3.05, 3.63) is 29.8 Å².